The minimum atomic E-state index is -1.57. The molecule has 6 rings (SSSR count). The van der Waals surface area contributed by atoms with Crippen LogP contribution >= 0.6 is 0 Å². The molecule has 2 saturated heterocycles. The maximum atomic E-state index is 12.6. The van der Waals surface area contributed by atoms with E-state index in [1.165, 1.54) is 19.4 Å². The van der Waals surface area contributed by atoms with Gasteiger partial charge in [0.2, 0.25) is 0 Å². The second kappa shape index (κ2) is 17.3. The molecule has 4 aliphatic carbocycles. The largest absolute Gasteiger partial charge is 0.463 e. The first-order chi connectivity index (χ1) is 27.5. The van der Waals surface area contributed by atoms with Gasteiger partial charge >= 0.3 is 11.9 Å². The van der Waals surface area contributed by atoms with Crippen LogP contribution in [-0.2, 0) is 38.0 Å². The van der Waals surface area contributed by atoms with Gasteiger partial charge < -0.3 is 59.1 Å². The summed E-state index contributed by atoms with van der Waals surface area (Å²) in [6.45, 7) is 19.6. The van der Waals surface area contributed by atoms with Gasteiger partial charge in [0.25, 0.3) is 0 Å². The Balaban J connectivity index is 1.32. The van der Waals surface area contributed by atoms with E-state index in [1.54, 1.807) is 0 Å². The lowest BCUT2D eigenvalue weighted by Crippen LogP contribution is -2.63. The van der Waals surface area contributed by atoms with Gasteiger partial charge in [0, 0.05) is 25.2 Å². The van der Waals surface area contributed by atoms with Crippen molar-refractivity contribution in [1.82, 2.24) is 0 Å². The molecule has 14 nitrogen and oxygen atoms in total. The Kier molecular flexibility index (Phi) is 13.6. The van der Waals surface area contributed by atoms with Crippen molar-refractivity contribution in [1.29, 1.82) is 0 Å². The molecule has 59 heavy (non-hydrogen) atoms. The first-order valence-electron chi connectivity index (χ1n) is 21.8. The van der Waals surface area contributed by atoms with Crippen molar-refractivity contribution in [2.75, 3.05) is 13.2 Å². The summed E-state index contributed by atoms with van der Waals surface area (Å²) in [5.74, 6) is -1.15. The molecule has 6 N–H and O–H groups in total. The lowest BCUT2D eigenvalue weighted by molar-refractivity contribution is -0.317. The molecule has 0 aromatic carbocycles. The number of esters is 2. The number of carbonyl (C=O) groups excluding carboxylic acids is 2. The second-order valence-corrected chi connectivity index (χ2v) is 20.3. The maximum absolute atomic E-state index is 12.6. The Morgan fingerprint density at radius 2 is 1.54 bits per heavy atom. The van der Waals surface area contributed by atoms with E-state index in [9.17, 15) is 40.2 Å². The topological polar surface area (TPSA) is 211 Å². The summed E-state index contributed by atoms with van der Waals surface area (Å²) in [4.78, 5) is 23.8. The summed E-state index contributed by atoms with van der Waals surface area (Å²) in [6.07, 6.45) is -3.72. The third kappa shape index (κ3) is 8.34. The lowest BCUT2D eigenvalue weighted by atomic mass is 9.38. The number of ether oxygens (including phenoxy) is 6. The van der Waals surface area contributed by atoms with Crippen LogP contribution in [-0.4, -0.2) is 129 Å². The van der Waals surface area contributed by atoms with E-state index >= 15 is 0 Å². The minimum absolute atomic E-state index is 0.0254. The molecule has 0 amide bonds. The number of carbonyl (C=O) groups is 2. The standard InChI is InChI=1S/C45H72O14/c1-22(2)12-11-13-23(3)33-30(57-41-37(53)35(51)38(56-25(5)47)31(58-41)21-54-24(4)46)19-45(10)39-28(48)18-27-26(43(39,8)16-17-44(33,45)9)14-15-32(42(27,6)7)59-40-36(52)34(50)29(49)20-55-40/h12,18,23,26,28-41,48-53H,11,13-17,19-21H2,1-10H3/t23-,26+,28-,29-,30+,31-,32?,33+,34+,35+,36-,37-,38-,39?,40+,41-,43+,44-,45+/m1/s1. The molecule has 3 saturated carbocycles. The summed E-state index contributed by atoms with van der Waals surface area (Å²) in [6, 6.07) is 0. The van der Waals surface area contributed by atoms with Crippen LogP contribution in [0.1, 0.15) is 114 Å². The van der Waals surface area contributed by atoms with E-state index in [0.29, 0.717) is 12.8 Å². The molecule has 2 unspecified atom stereocenters. The van der Waals surface area contributed by atoms with Crippen LogP contribution in [0.25, 0.3) is 0 Å². The van der Waals surface area contributed by atoms with Crippen LogP contribution in [0.5, 0.6) is 0 Å². The van der Waals surface area contributed by atoms with E-state index < -0.39 is 90.3 Å². The highest BCUT2D eigenvalue weighted by Crippen LogP contribution is 2.75. The molecule has 19 atom stereocenters. The Labute approximate surface area is 349 Å². The minimum Gasteiger partial charge on any atom is -0.463 e. The number of fused-ring (bicyclic) bond motifs is 5. The highest BCUT2D eigenvalue weighted by Gasteiger charge is 2.72. The van der Waals surface area contributed by atoms with Crippen LogP contribution < -0.4 is 0 Å². The van der Waals surface area contributed by atoms with Gasteiger partial charge in [0.1, 0.15) is 43.2 Å². The number of hydrogen-bond donors (Lipinski definition) is 6. The molecule has 0 aromatic heterocycles. The van der Waals surface area contributed by atoms with Crippen molar-refractivity contribution >= 4 is 11.9 Å². The molecule has 6 aliphatic rings. The van der Waals surface area contributed by atoms with Gasteiger partial charge in [-0.15, -0.1) is 0 Å². The van der Waals surface area contributed by atoms with Crippen molar-refractivity contribution in [3.05, 3.63) is 23.3 Å². The van der Waals surface area contributed by atoms with Gasteiger partial charge in [0.05, 0.1) is 24.9 Å². The van der Waals surface area contributed by atoms with Crippen molar-refractivity contribution in [2.24, 2.45) is 45.3 Å². The fourth-order valence-electron chi connectivity index (χ4n) is 12.9. The fourth-order valence-corrected chi connectivity index (χ4v) is 12.9. The van der Waals surface area contributed by atoms with Crippen LogP contribution in [0.4, 0.5) is 0 Å². The molecular weight excluding hydrogens is 764 g/mol. The van der Waals surface area contributed by atoms with Crippen molar-refractivity contribution < 1.29 is 68.6 Å². The molecule has 0 aromatic rings. The summed E-state index contributed by atoms with van der Waals surface area (Å²) < 4.78 is 35.8. The average molecular weight is 837 g/mol. The van der Waals surface area contributed by atoms with E-state index in [1.807, 2.05) is 6.08 Å². The Morgan fingerprint density at radius 1 is 0.864 bits per heavy atom. The monoisotopic (exact) mass is 836 g/mol. The summed E-state index contributed by atoms with van der Waals surface area (Å²) in [5, 5.41) is 66.4. The quantitative estimate of drug-likeness (QED) is 0.130. The van der Waals surface area contributed by atoms with Gasteiger partial charge in [0.15, 0.2) is 18.7 Å². The first kappa shape index (κ1) is 46.5. The molecule has 5 fully saturated rings. The lowest BCUT2D eigenvalue weighted by Gasteiger charge is -2.67. The van der Waals surface area contributed by atoms with Gasteiger partial charge in [-0.3, -0.25) is 9.59 Å². The number of aliphatic hydroxyl groups is 6. The van der Waals surface area contributed by atoms with Crippen molar-refractivity contribution in [3.63, 3.8) is 0 Å². The number of allylic oxidation sites excluding steroid dienone is 2. The van der Waals surface area contributed by atoms with Crippen LogP contribution in [0, 0.1) is 45.3 Å². The average Bonchev–Trinajstić information content (AvgIpc) is 3.37. The highest BCUT2D eigenvalue weighted by molar-refractivity contribution is 5.66. The molecule has 0 bridgehead atoms. The SMILES string of the molecule is CC(=O)OC[C@H]1O[C@@H](O[C@H]2C[C@@]3(C)C4[C@H](O)C=C5[C@H](CCC(O[C@@H]6OC[C@@H](O)[C@H](O)[C@H]6O)C5(C)C)[C@]4(C)CC[C@]3(C)[C@H]2[C@H](C)CCC=C(C)C)[C@H](O)[C@H](O)[C@@H]1OC(C)=O. The third-order valence-electron chi connectivity index (χ3n) is 16.0. The van der Waals surface area contributed by atoms with Crippen LogP contribution in [0.15, 0.2) is 23.3 Å². The molecule has 0 radical (unpaired) electrons. The van der Waals surface area contributed by atoms with Crippen LogP contribution in [0.3, 0.4) is 0 Å². The highest BCUT2D eigenvalue weighted by atomic mass is 16.7. The molecule has 14 heteroatoms. The van der Waals surface area contributed by atoms with E-state index in [0.717, 1.165) is 37.7 Å². The first-order valence-corrected chi connectivity index (χ1v) is 21.8. The number of hydrogen-bond acceptors (Lipinski definition) is 14. The summed E-state index contributed by atoms with van der Waals surface area (Å²) in [7, 11) is 0. The second-order valence-electron chi connectivity index (χ2n) is 20.3. The van der Waals surface area contributed by atoms with Gasteiger partial charge in [-0.2, -0.15) is 0 Å². The number of aliphatic hydroxyl groups excluding tert-OH is 6. The smallest absolute Gasteiger partial charge is 0.303 e. The van der Waals surface area contributed by atoms with E-state index in [2.05, 4.69) is 61.5 Å². The Morgan fingerprint density at radius 3 is 2.19 bits per heavy atom. The van der Waals surface area contributed by atoms with Crippen molar-refractivity contribution in [2.45, 2.75) is 188 Å². The van der Waals surface area contributed by atoms with Gasteiger partial charge in [-0.05, 0) is 92.8 Å². The predicted octanol–water partition coefficient (Wildman–Crippen LogP) is 3.71. The van der Waals surface area contributed by atoms with E-state index in [-0.39, 0.29) is 53.8 Å². The molecule has 2 heterocycles. The van der Waals surface area contributed by atoms with Crippen LogP contribution in [0.2, 0.25) is 0 Å². The molecule has 2 aliphatic heterocycles. The molecular formula is C45H72O14. The predicted molar refractivity (Wildman–Crippen MR) is 214 cm³/mol. The Bertz CT molecular complexity index is 1590. The summed E-state index contributed by atoms with van der Waals surface area (Å²) in [5.41, 5.74) is 0.730. The number of rotatable bonds is 11. The normalized spacial score (nSPS) is 47.1. The van der Waals surface area contributed by atoms with Gasteiger partial charge in [-0.1, -0.05) is 64.8 Å². The summed E-state index contributed by atoms with van der Waals surface area (Å²) >= 11 is 0. The zero-order valence-electron chi connectivity index (χ0n) is 36.7. The maximum Gasteiger partial charge on any atom is 0.303 e. The van der Waals surface area contributed by atoms with Crippen molar-refractivity contribution in [3.8, 4) is 0 Å². The Hall–Kier alpha value is -1.98. The van der Waals surface area contributed by atoms with E-state index in [4.69, 9.17) is 28.4 Å². The third-order valence-corrected chi connectivity index (χ3v) is 16.0. The fraction of sp³-hybridized carbons (Fsp3) is 0.867. The zero-order chi connectivity index (χ0) is 43.6. The molecule has 336 valence electrons. The molecule has 0 spiro atoms. The van der Waals surface area contributed by atoms with Gasteiger partial charge in [-0.25, -0.2) is 0 Å². The zero-order valence-corrected chi connectivity index (χ0v) is 36.7.